The Morgan fingerprint density at radius 1 is 1.04 bits per heavy atom. The highest BCUT2D eigenvalue weighted by Crippen LogP contribution is 2.33. The van der Waals surface area contributed by atoms with Gasteiger partial charge in [-0.05, 0) is 24.8 Å². The van der Waals surface area contributed by atoms with Crippen LogP contribution >= 0.6 is 0 Å². The van der Waals surface area contributed by atoms with Crippen LogP contribution in [0.3, 0.4) is 0 Å². The summed E-state index contributed by atoms with van der Waals surface area (Å²) in [5, 5.41) is 2.86. The summed E-state index contributed by atoms with van der Waals surface area (Å²) in [5.41, 5.74) is -0.317. The molecule has 2 rings (SSSR count). The van der Waals surface area contributed by atoms with Crippen LogP contribution in [0, 0.1) is 0 Å². The molecule has 26 heavy (non-hydrogen) atoms. The Bertz CT molecular complexity index is 641. The summed E-state index contributed by atoms with van der Waals surface area (Å²) < 4.78 is 0. The van der Waals surface area contributed by atoms with E-state index < -0.39 is 11.6 Å². The molecule has 1 aliphatic heterocycles. The van der Waals surface area contributed by atoms with Crippen LogP contribution in [0.1, 0.15) is 52.0 Å². The molecule has 0 spiro atoms. The first-order valence-corrected chi connectivity index (χ1v) is 9.47. The first-order chi connectivity index (χ1) is 12.5. The smallest absolute Gasteiger partial charge is 0.325 e. The van der Waals surface area contributed by atoms with Crippen LogP contribution in [0.4, 0.5) is 4.79 Å². The lowest BCUT2D eigenvalue weighted by atomic mass is 9.85. The Labute approximate surface area is 155 Å². The highest BCUT2D eigenvalue weighted by Gasteiger charge is 2.52. The molecule has 1 aliphatic rings. The number of imide groups is 1. The number of amides is 4. The van der Waals surface area contributed by atoms with E-state index in [4.69, 9.17) is 0 Å². The lowest BCUT2D eigenvalue weighted by molar-refractivity contribution is -0.139. The van der Waals surface area contributed by atoms with Gasteiger partial charge in [0.15, 0.2) is 0 Å². The van der Waals surface area contributed by atoms with Crippen molar-refractivity contribution >= 4 is 17.8 Å². The number of carbonyl (C=O) groups is 3. The molecule has 1 N–H and O–H groups in total. The summed E-state index contributed by atoms with van der Waals surface area (Å²) in [6.45, 7) is 7.05. The van der Waals surface area contributed by atoms with Crippen molar-refractivity contribution in [2.45, 2.75) is 52.0 Å². The molecule has 0 saturated carbocycles. The van der Waals surface area contributed by atoms with Crippen LogP contribution in [0.25, 0.3) is 0 Å². The van der Waals surface area contributed by atoms with Crippen molar-refractivity contribution < 1.29 is 14.4 Å². The maximum absolute atomic E-state index is 13.2. The molecular weight excluding hydrogens is 330 g/mol. The van der Waals surface area contributed by atoms with Crippen molar-refractivity contribution in [3.05, 3.63) is 35.9 Å². The van der Waals surface area contributed by atoms with E-state index in [1.54, 1.807) is 4.90 Å². The predicted molar refractivity (Wildman–Crippen MR) is 100 cm³/mol. The molecule has 142 valence electrons. The fourth-order valence-corrected chi connectivity index (χ4v) is 3.51. The van der Waals surface area contributed by atoms with Gasteiger partial charge in [-0.3, -0.25) is 14.5 Å². The summed E-state index contributed by atoms with van der Waals surface area (Å²) in [7, 11) is 0. The molecule has 1 fully saturated rings. The maximum atomic E-state index is 13.2. The Hall–Kier alpha value is -2.37. The van der Waals surface area contributed by atoms with Crippen LogP contribution in [-0.4, -0.2) is 47.3 Å². The normalized spacial score (nSPS) is 19.6. The third-order valence-corrected chi connectivity index (χ3v) is 4.70. The third kappa shape index (κ3) is 3.89. The molecule has 6 nitrogen and oxygen atoms in total. The van der Waals surface area contributed by atoms with E-state index >= 15 is 0 Å². The number of nitrogens with zero attached hydrogens (tertiary/aromatic N) is 2. The van der Waals surface area contributed by atoms with Gasteiger partial charge in [-0.1, -0.05) is 57.5 Å². The SMILES string of the molecule is CCCN(CCC)C(=O)CN1C(=O)N[C@](CCC)(c2ccccc2)C1=O. The lowest BCUT2D eigenvalue weighted by Gasteiger charge is -2.27. The third-order valence-electron chi connectivity index (χ3n) is 4.70. The van der Waals surface area contributed by atoms with Gasteiger partial charge in [0.1, 0.15) is 12.1 Å². The number of hydrogen-bond acceptors (Lipinski definition) is 3. The molecule has 0 aliphatic carbocycles. The van der Waals surface area contributed by atoms with E-state index in [2.05, 4.69) is 5.32 Å². The first kappa shape index (κ1) is 19.9. The number of urea groups is 1. The Morgan fingerprint density at radius 3 is 2.19 bits per heavy atom. The van der Waals surface area contributed by atoms with Gasteiger partial charge in [0.2, 0.25) is 5.91 Å². The van der Waals surface area contributed by atoms with Crippen molar-refractivity contribution in [3.63, 3.8) is 0 Å². The minimum Gasteiger partial charge on any atom is -0.341 e. The number of hydrogen-bond donors (Lipinski definition) is 1. The molecule has 0 unspecified atom stereocenters. The summed E-state index contributed by atoms with van der Waals surface area (Å²) in [4.78, 5) is 41.1. The predicted octanol–water partition coefficient (Wildman–Crippen LogP) is 2.88. The van der Waals surface area contributed by atoms with Gasteiger partial charge in [-0.15, -0.1) is 0 Å². The first-order valence-electron chi connectivity index (χ1n) is 9.47. The number of carbonyl (C=O) groups excluding carboxylic acids is 3. The van der Waals surface area contributed by atoms with E-state index in [0.717, 1.165) is 29.7 Å². The summed E-state index contributed by atoms with van der Waals surface area (Å²) in [5.74, 6) is -0.519. The van der Waals surface area contributed by atoms with Gasteiger partial charge in [0.25, 0.3) is 5.91 Å². The molecule has 1 atom stereocenters. The van der Waals surface area contributed by atoms with Crippen molar-refractivity contribution in [1.82, 2.24) is 15.1 Å². The zero-order chi connectivity index (χ0) is 19.2. The quantitative estimate of drug-likeness (QED) is 0.689. The Kier molecular flexibility index (Phi) is 6.77. The highest BCUT2D eigenvalue weighted by molar-refractivity contribution is 6.09. The van der Waals surface area contributed by atoms with E-state index in [9.17, 15) is 14.4 Å². The molecular formula is C20H29N3O3. The molecule has 1 aromatic rings. The number of rotatable bonds is 9. The molecule has 0 aromatic heterocycles. The van der Waals surface area contributed by atoms with Crippen LogP contribution in [0.15, 0.2) is 30.3 Å². The summed E-state index contributed by atoms with van der Waals surface area (Å²) in [6, 6.07) is 8.78. The van der Waals surface area contributed by atoms with E-state index in [1.165, 1.54) is 0 Å². The topological polar surface area (TPSA) is 69.7 Å². The van der Waals surface area contributed by atoms with Gasteiger partial charge >= 0.3 is 6.03 Å². The zero-order valence-corrected chi connectivity index (χ0v) is 16.0. The molecule has 1 heterocycles. The van der Waals surface area contributed by atoms with Crippen LogP contribution in [0.5, 0.6) is 0 Å². The molecule has 1 aromatic carbocycles. The van der Waals surface area contributed by atoms with Crippen molar-refractivity contribution in [1.29, 1.82) is 0 Å². The lowest BCUT2D eigenvalue weighted by Crippen LogP contribution is -2.46. The van der Waals surface area contributed by atoms with Crippen molar-refractivity contribution in [3.8, 4) is 0 Å². The second-order valence-electron chi connectivity index (χ2n) is 6.72. The summed E-state index contributed by atoms with van der Waals surface area (Å²) in [6.07, 6.45) is 2.92. The Morgan fingerprint density at radius 2 is 1.65 bits per heavy atom. The monoisotopic (exact) mass is 359 g/mol. The molecule has 6 heteroatoms. The zero-order valence-electron chi connectivity index (χ0n) is 16.0. The van der Waals surface area contributed by atoms with Gasteiger partial charge < -0.3 is 10.2 Å². The fraction of sp³-hybridized carbons (Fsp3) is 0.550. The standard InChI is InChI=1S/C20H29N3O3/c1-4-12-20(16-10-8-7-9-11-16)18(25)23(19(26)21-20)15-17(24)22(13-5-2)14-6-3/h7-11H,4-6,12-15H2,1-3H3,(H,21,26)/t20-/m1/s1. The second-order valence-corrected chi connectivity index (χ2v) is 6.72. The second kappa shape index (κ2) is 8.83. The molecule has 1 saturated heterocycles. The molecule has 0 bridgehead atoms. The average Bonchev–Trinajstić information content (AvgIpc) is 2.87. The van der Waals surface area contributed by atoms with Gasteiger partial charge in [0.05, 0.1) is 0 Å². The van der Waals surface area contributed by atoms with Gasteiger partial charge in [-0.25, -0.2) is 4.79 Å². The number of nitrogens with one attached hydrogen (secondary N) is 1. The van der Waals surface area contributed by atoms with E-state index in [1.807, 2.05) is 51.1 Å². The van der Waals surface area contributed by atoms with Crippen LogP contribution in [-0.2, 0) is 15.1 Å². The Balaban J connectivity index is 2.25. The minimum absolute atomic E-state index is 0.183. The van der Waals surface area contributed by atoms with E-state index in [0.29, 0.717) is 19.5 Å². The average molecular weight is 359 g/mol. The highest BCUT2D eigenvalue weighted by atomic mass is 16.2. The summed E-state index contributed by atoms with van der Waals surface area (Å²) >= 11 is 0. The minimum atomic E-state index is -1.08. The van der Waals surface area contributed by atoms with Gasteiger partial charge in [0, 0.05) is 13.1 Å². The van der Waals surface area contributed by atoms with Crippen LogP contribution < -0.4 is 5.32 Å². The van der Waals surface area contributed by atoms with Gasteiger partial charge in [-0.2, -0.15) is 0 Å². The number of benzene rings is 1. The molecule has 0 radical (unpaired) electrons. The van der Waals surface area contributed by atoms with Crippen LogP contribution in [0.2, 0.25) is 0 Å². The maximum Gasteiger partial charge on any atom is 0.325 e. The largest absolute Gasteiger partial charge is 0.341 e. The van der Waals surface area contributed by atoms with Crippen molar-refractivity contribution in [2.24, 2.45) is 0 Å². The molecule has 4 amide bonds. The fourth-order valence-electron chi connectivity index (χ4n) is 3.51. The van der Waals surface area contributed by atoms with E-state index in [-0.39, 0.29) is 18.4 Å². The van der Waals surface area contributed by atoms with Crippen molar-refractivity contribution in [2.75, 3.05) is 19.6 Å².